The summed E-state index contributed by atoms with van der Waals surface area (Å²) in [4.78, 5) is 22.5. The third-order valence-corrected chi connectivity index (χ3v) is 7.16. The number of halogens is 3. The van der Waals surface area contributed by atoms with Gasteiger partial charge in [-0.05, 0) is 62.0 Å². The van der Waals surface area contributed by atoms with Crippen LogP contribution in [0.3, 0.4) is 0 Å². The second-order valence-electron chi connectivity index (χ2n) is 9.69. The Labute approximate surface area is 222 Å². The van der Waals surface area contributed by atoms with Crippen molar-refractivity contribution in [3.05, 3.63) is 47.5 Å². The predicted molar refractivity (Wildman–Crippen MR) is 137 cm³/mol. The van der Waals surface area contributed by atoms with E-state index in [1.54, 1.807) is 25.5 Å². The molecule has 5 rings (SSSR count). The molecular weight excluding hydrogens is 513 g/mol. The Morgan fingerprint density at radius 1 is 1.23 bits per heavy atom. The highest BCUT2D eigenvalue weighted by molar-refractivity contribution is 5.77. The van der Waals surface area contributed by atoms with Crippen LogP contribution in [-0.2, 0) is 11.2 Å². The van der Waals surface area contributed by atoms with E-state index in [1.807, 2.05) is 13.0 Å². The van der Waals surface area contributed by atoms with Gasteiger partial charge in [-0.2, -0.15) is 23.4 Å². The van der Waals surface area contributed by atoms with E-state index >= 15 is 0 Å². The van der Waals surface area contributed by atoms with E-state index < -0.39 is 12.6 Å². The summed E-state index contributed by atoms with van der Waals surface area (Å²) >= 11 is 0. The topological polar surface area (TPSA) is 113 Å². The number of hydrogen-bond acceptors (Lipinski definition) is 7. The number of nitrogens with zero attached hydrogens (tertiary/aromatic N) is 6. The number of carbonyl (C=O) groups excluding carboxylic acids is 1. The van der Waals surface area contributed by atoms with Gasteiger partial charge in [0.25, 0.3) is 0 Å². The maximum Gasteiger partial charge on any atom is 0.393 e. The van der Waals surface area contributed by atoms with Gasteiger partial charge in [0, 0.05) is 30.6 Å². The number of ether oxygens (including phenoxy) is 1. The highest BCUT2D eigenvalue weighted by Crippen LogP contribution is 2.37. The van der Waals surface area contributed by atoms with Crippen LogP contribution in [0, 0.1) is 6.92 Å². The smallest absolute Gasteiger partial charge is 0.393 e. The molecule has 0 atom stereocenters. The minimum atomic E-state index is -4.47. The average molecular weight is 543 g/mol. The van der Waals surface area contributed by atoms with Crippen molar-refractivity contribution in [3.63, 3.8) is 0 Å². The SMILES string of the molecule is CNC(=O)CN1CCC(c2cnc(-c3[nH]nc(-c4cc(OC)c5ncnn5c4)c3CC(F)(F)F)cc2C)CC1. The molecule has 0 radical (unpaired) electrons. The standard InChI is InChI=1S/C26H29F3N8O2/c1-15-8-20(31-11-19(15)16-4-6-36(7-5-16)13-22(38)30-2)24-18(10-26(27,28)29)23(34-35-24)17-9-21(39-3)25-32-14-33-37(25)12-17/h8-9,11-12,14,16H,4-7,10,13H2,1-3H3,(H,30,38)(H,34,35). The number of fused-ring (bicyclic) bond motifs is 1. The first-order valence-corrected chi connectivity index (χ1v) is 12.6. The molecule has 1 aliphatic heterocycles. The molecule has 1 fully saturated rings. The number of alkyl halides is 3. The summed E-state index contributed by atoms with van der Waals surface area (Å²) in [6.45, 7) is 3.90. The molecule has 0 unspecified atom stereocenters. The predicted octanol–water partition coefficient (Wildman–Crippen LogP) is 3.53. The third kappa shape index (κ3) is 5.58. The number of piperidine rings is 1. The second kappa shape index (κ2) is 10.6. The first-order valence-electron chi connectivity index (χ1n) is 12.6. The molecule has 1 saturated heterocycles. The summed E-state index contributed by atoms with van der Waals surface area (Å²) in [5.74, 6) is 0.623. The number of aromatic amines is 1. The van der Waals surface area contributed by atoms with Gasteiger partial charge in [0.05, 0.1) is 37.2 Å². The zero-order valence-electron chi connectivity index (χ0n) is 21.8. The molecule has 1 aliphatic rings. The molecule has 39 heavy (non-hydrogen) atoms. The molecule has 206 valence electrons. The van der Waals surface area contributed by atoms with Gasteiger partial charge in [-0.3, -0.25) is 19.8 Å². The highest BCUT2D eigenvalue weighted by Gasteiger charge is 2.33. The number of aromatic nitrogens is 6. The number of likely N-dealkylation sites (N-methyl/N-ethyl adjacent to an activating group) is 1. The molecule has 0 bridgehead atoms. The van der Waals surface area contributed by atoms with Crippen molar-refractivity contribution < 1.29 is 22.7 Å². The lowest BCUT2D eigenvalue weighted by Crippen LogP contribution is -2.40. The van der Waals surface area contributed by atoms with Gasteiger partial charge >= 0.3 is 6.18 Å². The van der Waals surface area contributed by atoms with E-state index in [0.717, 1.165) is 37.1 Å². The number of pyridine rings is 2. The van der Waals surface area contributed by atoms with Crippen LogP contribution < -0.4 is 10.1 Å². The van der Waals surface area contributed by atoms with Crippen molar-refractivity contribution in [2.45, 2.75) is 38.3 Å². The van der Waals surface area contributed by atoms with E-state index in [1.165, 1.54) is 18.0 Å². The van der Waals surface area contributed by atoms with Crippen LogP contribution in [0.15, 0.2) is 30.9 Å². The number of hydrogen-bond donors (Lipinski definition) is 2. The minimum absolute atomic E-state index is 0.00817. The fourth-order valence-electron chi connectivity index (χ4n) is 5.18. The van der Waals surface area contributed by atoms with Gasteiger partial charge in [-0.25, -0.2) is 9.50 Å². The average Bonchev–Trinajstić information content (AvgIpc) is 3.54. The van der Waals surface area contributed by atoms with Gasteiger partial charge in [-0.1, -0.05) is 0 Å². The van der Waals surface area contributed by atoms with Crippen molar-refractivity contribution in [1.29, 1.82) is 0 Å². The van der Waals surface area contributed by atoms with Crippen LogP contribution in [0.25, 0.3) is 28.3 Å². The number of likely N-dealkylation sites (tertiary alicyclic amines) is 1. The summed E-state index contributed by atoms with van der Waals surface area (Å²) in [7, 11) is 3.08. The molecule has 4 aromatic rings. The molecule has 0 aliphatic carbocycles. The molecule has 2 N–H and O–H groups in total. The molecular formula is C26H29F3N8O2. The summed E-state index contributed by atoms with van der Waals surface area (Å²) < 4.78 is 48.0. The Balaban J connectivity index is 1.46. The van der Waals surface area contributed by atoms with Crippen molar-refractivity contribution >= 4 is 11.6 Å². The lowest BCUT2D eigenvalue weighted by atomic mass is 9.87. The lowest BCUT2D eigenvalue weighted by Gasteiger charge is -2.32. The number of methoxy groups -OCH3 is 1. The molecule has 5 heterocycles. The van der Waals surface area contributed by atoms with E-state index in [4.69, 9.17) is 4.74 Å². The third-order valence-electron chi connectivity index (χ3n) is 7.16. The summed E-state index contributed by atoms with van der Waals surface area (Å²) in [6, 6.07) is 3.41. The normalized spacial score (nSPS) is 15.1. The lowest BCUT2D eigenvalue weighted by molar-refractivity contribution is -0.127. The number of rotatable bonds is 7. The van der Waals surface area contributed by atoms with Gasteiger partial charge < -0.3 is 10.1 Å². The Morgan fingerprint density at radius 3 is 2.67 bits per heavy atom. The molecule has 1 amide bonds. The minimum Gasteiger partial charge on any atom is -0.493 e. The van der Waals surface area contributed by atoms with Crippen molar-refractivity contribution in [2.75, 3.05) is 33.8 Å². The van der Waals surface area contributed by atoms with E-state index in [2.05, 4.69) is 35.5 Å². The second-order valence-corrected chi connectivity index (χ2v) is 9.69. The Morgan fingerprint density at radius 2 is 2.00 bits per heavy atom. The quantitative estimate of drug-likeness (QED) is 0.367. The maximum absolute atomic E-state index is 13.7. The fraction of sp³-hybridized carbons (Fsp3) is 0.423. The Hall–Kier alpha value is -4.00. The molecule has 13 heteroatoms. The molecule has 0 saturated carbocycles. The number of H-pyrrole nitrogens is 1. The largest absolute Gasteiger partial charge is 0.493 e. The molecule has 4 aromatic heterocycles. The Kier molecular flexibility index (Phi) is 7.25. The zero-order chi connectivity index (χ0) is 27.7. The summed E-state index contributed by atoms with van der Waals surface area (Å²) in [6.07, 6.45) is 0.770. The molecule has 0 aromatic carbocycles. The monoisotopic (exact) mass is 542 g/mol. The van der Waals surface area contributed by atoms with Gasteiger partial charge in [-0.15, -0.1) is 0 Å². The first-order chi connectivity index (χ1) is 18.7. The summed E-state index contributed by atoms with van der Waals surface area (Å²) in [5.41, 5.74) is 3.61. The fourth-order valence-corrected chi connectivity index (χ4v) is 5.18. The summed E-state index contributed by atoms with van der Waals surface area (Å²) in [5, 5.41) is 13.8. The maximum atomic E-state index is 13.7. The molecule has 0 spiro atoms. The van der Waals surface area contributed by atoms with Crippen LogP contribution in [0.5, 0.6) is 5.75 Å². The van der Waals surface area contributed by atoms with Crippen molar-refractivity contribution in [2.24, 2.45) is 0 Å². The van der Waals surface area contributed by atoms with Crippen LogP contribution in [0.1, 0.15) is 35.4 Å². The Bertz CT molecular complexity index is 1490. The van der Waals surface area contributed by atoms with Crippen LogP contribution in [0.4, 0.5) is 13.2 Å². The number of amides is 1. The van der Waals surface area contributed by atoms with Gasteiger partial charge in [0.2, 0.25) is 5.91 Å². The van der Waals surface area contributed by atoms with Crippen LogP contribution in [-0.4, -0.2) is 80.6 Å². The van der Waals surface area contributed by atoms with Crippen LogP contribution >= 0.6 is 0 Å². The van der Waals surface area contributed by atoms with E-state index in [0.29, 0.717) is 29.2 Å². The number of aryl methyl sites for hydroxylation is 1. The van der Waals surface area contributed by atoms with Gasteiger partial charge in [0.1, 0.15) is 6.33 Å². The number of nitrogens with one attached hydrogen (secondary N) is 2. The highest BCUT2D eigenvalue weighted by atomic mass is 19.4. The molecule has 10 nitrogen and oxygen atoms in total. The van der Waals surface area contributed by atoms with Crippen molar-refractivity contribution in [3.8, 4) is 28.4 Å². The first kappa shape index (κ1) is 26.6. The van der Waals surface area contributed by atoms with E-state index in [9.17, 15) is 18.0 Å². The van der Waals surface area contributed by atoms with Crippen LogP contribution in [0.2, 0.25) is 0 Å². The van der Waals surface area contributed by atoms with Gasteiger partial charge in [0.15, 0.2) is 11.4 Å². The van der Waals surface area contributed by atoms with E-state index in [-0.39, 0.29) is 28.8 Å². The number of carbonyl (C=O) groups is 1. The zero-order valence-corrected chi connectivity index (χ0v) is 21.8. The van der Waals surface area contributed by atoms with Crippen molar-refractivity contribution in [1.82, 2.24) is 40.0 Å².